The first kappa shape index (κ1) is 13.7. The first-order valence-electron chi connectivity index (χ1n) is 5.87. The molecule has 0 aliphatic carbocycles. The number of hydrogen-bond acceptors (Lipinski definition) is 1. The normalized spacial score (nSPS) is 13.2. The molecule has 1 N–H and O–H groups in total. The molecule has 0 spiro atoms. The topological polar surface area (TPSA) is 12.0 Å². The fourth-order valence-electron chi connectivity index (χ4n) is 1.38. The van der Waals surface area contributed by atoms with E-state index in [1.807, 2.05) is 0 Å². The lowest BCUT2D eigenvalue weighted by atomic mass is 9.99. The molecule has 0 saturated carbocycles. The fourth-order valence-corrected chi connectivity index (χ4v) is 1.38. The van der Waals surface area contributed by atoms with Crippen LogP contribution in [0.25, 0.3) is 0 Å². The highest BCUT2D eigenvalue weighted by Crippen LogP contribution is 2.12. The van der Waals surface area contributed by atoms with Gasteiger partial charge in [0.25, 0.3) is 0 Å². The third kappa shape index (κ3) is 9.79. The van der Waals surface area contributed by atoms with E-state index in [4.69, 9.17) is 0 Å². The first-order chi connectivity index (χ1) is 6.52. The smallest absolute Gasteiger partial charge is 0.00258 e. The number of rotatable bonds is 8. The average molecular weight is 197 g/mol. The SMILES string of the molecule is C=C(C)CCC(C)CCNCC(C)C. The molecule has 0 aliphatic heterocycles. The van der Waals surface area contributed by atoms with Crippen LogP contribution in [0, 0.1) is 11.8 Å². The van der Waals surface area contributed by atoms with E-state index in [2.05, 4.69) is 39.6 Å². The van der Waals surface area contributed by atoms with Crippen LogP contribution in [0.1, 0.15) is 47.0 Å². The van der Waals surface area contributed by atoms with E-state index in [0.717, 1.165) is 24.9 Å². The summed E-state index contributed by atoms with van der Waals surface area (Å²) in [7, 11) is 0. The Labute approximate surface area is 90.0 Å². The maximum Gasteiger partial charge on any atom is -0.00258 e. The molecule has 0 bridgehead atoms. The van der Waals surface area contributed by atoms with E-state index in [0.29, 0.717) is 0 Å². The maximum atomic E-state index is 3.93. The first-order valence-corrected chi connectivity index (χ1v) is 5.87. The van der Waals surface area contributed by atoms with Crippen LogP contribution in [0.5, 0.6) is 0 Å². The molecule has 0 aromatic heterocycles. The van der Waals surface area contributed by atoms with E-state index in [-0.39, 0.29) is 0 Å². The molecular formula is C13H27N. The average Bonchev–Trinajstić information content (AvgIpc) is 2.08. The van der Waals surface area contributed by atoms with Crippen molar-refractivity contribution in [3.8, 4) is 0 Å². The van der Waals surface area contributed by atoms with Gasteiger partial charge in [-0.05, 0) is 51.1 Å². The molecule has 0 aromatic rings. The van der Waals surface area contributed by atoms with Gasteiger partial charge in [0.1, 0.15) is 0 Å². The van der Waals surface area contributed by atoms with Gasteiger partial charge in [-0.15, -0.1) is 6.58 Å². The van der Waals surface area contributed by atoms with Gasteiger partial charge in [-0.3, -0.25) is 0 Å². The monoisotopic (exact) mass is 197 g/mol. The van der Waals surface area contributed by atoms with Gasteiger partial charge in [-0.1, -0.05) is 26.3 Å². The highest BCUT2D eigenvalue weighted by molar-refractivity contribution is 4.87. The van der Waals surface area contributed by atoms with Gasteiger partial charge >= 0.3 is 0 Å². The van der Waals surface area contributed by atoms with Crippen molar-refractivity contribution in [1.82, 2.24) is 5.32 Å². The van der Waals surface area contributed by atoms with E-state index >= 15 is 0 Å². The van der Waals surface area contributed by atoms with Crippen LogP contribution in [0.3, 0.4) is 0 Å². The molecule has 0 aromatic carbocycles. The summed E-state index contributed by atoms with van der Waals surface area (Å²) in [6.45, 7) is 15.2. The summed E-state index contributed by atoms with van der Waals surface area (Å²) in [6, 6.07) is 0. The Kier molecular flexibility index (Phi) is 7.87. The zero-order chi connectivity index (χ0) is 11.0. The highest BCUT2D eigenvalue weighted by atomic mass is 14.8. The summed E-state index contributed by atoms with van der Waals surface area (Å²) in [5.41, 5.74) is 1.31. The molecule has 0 rings (SSSR count). The van der Waals surface area contributed by atoms with Gasteiger partial charge < -0.3 is 5.32 Å². The molecule has 0 fully saturated rings. The van der Waals surface area contributed by atoms with Gasteiger partial charge in [0.2, 0.25) is 0 Å². The molecule has 0 saturated heterocycles. The van der Waals surface area contributed by atoms with Crippen LogP contribution in [-0.4, -0.2) is 13.1 Å². The minimum atomic E-state index is 0.765. The van der Waals surface area contributed by atoms with E-state index in [1.54, 1.807) is 0 Å². The Balaban J connectivity index is 3.26. The second-order valence-electron chi connectivity index (χ2n) is 4.99. The molecule has 1 nitrogen and oxygen atoms in total. The summed E-state index contributed by atoms with van der Waals surface area (Å²) >= 11 is 0. The summed E-state index contributed by atoms with van der Waals surface area (Å²) in [5.74, 6) is 1.59. The number of nitrogens with one attached hydrogen (secondary N) is 1. The van der Waals surface area contributed by atoms with Crippen molar-refractivity contribution in [1.29, 1.82) is 0 Å². The predicted molar refractivity (Wildman–Crippen MR) is 65.5 cm³/mol. The van der Waals surface area contributed by atoms with Crippen molar-refractivity contribution >= 4 is 0 Å². The highest BCUT2D eigenvalue weighted by Gasteiger charge is 2.01. The Morgan fingerprint density at radius 2 is 1.86 bits per heavy atom. The fraction of sp³-hybridized carbons (Fsp3) is 0.846. The van der Waals surface area contributed by atoms with Crippen molar-refractivity contribution < 1.29 is 0 Å². The molecule has 1 unspecified atom stereocenters. The number of allylic oxidation sites excluding steroid dienone is 1. The quantitative estimate of drug-likeness (QED) is 0.463. The van der Waals surface area contributed by atoms with Crippen molar-refractivity contribution in [2.45, 2.75) is 47.0 Å². The third-order valence-electron chi connectivity index (χ3n) is 2.43. The standard InChI is InChI=1S/C13H27N/c1-11(2)6-7-13(5)8-9-14-10-12(3)4/h12-14H,1,6-10H2,2-5H3. The largest absolute Gasteiger partial charge is 0.316 e. The molecular weight excluding hydrogens is 170 g/mol. The summed E-state index contributed by atoms with van der Waals surface area (Å²) < 4.78 is 0. The summed E-state index contributed by atoms with van der Waals surface area (Å²) in [6.07, 6.45) is 3.77. The molecule has 0 radical (unpaired) electrons. The van der Waals surface area contributed by atoms with E-state index in [9.17, 15) is 0 Å². The number of hydrogen-bond donors (Lipinski definition) is 1. The van der Waals surface area contributed by atoms with Gasteiger partial charge in [0, 0.05) is 0 Å². The lowest BCUT2D eigenvalue weighted by Crippen LogP contribution is -2.22. The van der Waals surface area contributed by atoms with Crippen LogP contribution in [0.15, 0.2) is 12.2 Å². The van der Waals surface area contributed by atoms with Gasteiger partial charge in [0.15, 0.2) is 0 Å². The summed E-state index contributed by atoms with van der Waals surface area (Å²) in [5, 5.41) is 3.48. The zero-order valence-corrected chi connectivity index (χ0v) is 10.4. The molecule has 84 valence electrons. The van der Waals surface area contributed by atoms with Crippen molar-refractivity contribution in [3.05, 3.63) is 12.2 Å². The Hall–Kier alpha value is -0.300. The van der Waals surface area contributed by atoms with Crippen LogP contribution in [-0.2, 0) is 0 Å². The molecule has 0 amide bonds. The minimum absolute atomic E-state index is 0.765. The Morgan fingerprint density at radius 3 is 2.36 bits per heavy atom. The van der Waals surface area contributed by atoms with Crippen molar-refractivity contribution in [2.75, 3.05) is 13.1 Å². The minimum Gasteiger partial charge on any atom is -0.316 e. The lowest BCUT2D eigenvalue weighted by molar-refractivity contribution is 0.453. The molecule has 14 heavy (non-hydrogen) atoms. The third-order valence-corrected chi connectivity index (χ3v) is 2.43. The van der Waals surface area contributed by atoms with Crippen LogP contribution in [0.2, 0.25) is 0 Å². The van der Waals surface area contributed by atoms with Crippen molar-refractivity contribution in [3.63, 3.8) is 0 Å². The van der Waals surface area contributed by atoms with Gasteiger partial charge in [0.05, 0.1) is 0 Å². The van der Waals surface area contributed by atoms with Gasteiger partial charge in [-0.25, -0.2) is 0 Å². The van der Waals surface area contributed by atoms with Crippen molar-refractivity contribution in [2.24, 2.45) is 11.8 Å². The van der Waals surface area contributed by atoms with Gasteiger partial charge in [-0.2, -0.15) is 0 Å². The molecule has 1 atom stereocenters. The maximum absolute atomic E-state index is 3.93. The molecule has 0 aliphatic rings. The van der Waals surface area contributed by atoms with E-state index in [1.165, 1.54) is 24.8 Å². The van der Waals surface area contributed by atoms with Crippen LogP contribution in [0.4, 0.5) is 0 Å². The van der Waals surface area contributed by atoms with Crippen LogP contribution < -0.4 is 5.32 Å². The molecule has 1 heteroatoms. The van der Waals surface area contributed by atoms with Crippen LogP contribution >= 0.6 is 0 Å². The zero-order valence-electron chi connectivity index (χ0n) is 10.4. The molecule has 0 heterocycles. The second kappa shape index (κ2) is 8.05. The second-order valence-corrected chi connectivity index (χ2v) is 4.99. The Bertz CT molecular complexity index is 149. The summed E-state index contributed by atoms with van der Waals surface area (Å²) in [4.78, 5) is 0. The Morgan fingerprint density at radius 1 is 1.21 bits per heavy atom. The lowest BCUT2D eigenvalue weighted by Gasteiger charge is -2.12. The van der Waals surface area contributed by atoms with E-state index < -0.39 is 0 Å². The predicted octanol–water partition coefficient (Wildman–Crippen LogP) is 3.61.